The molecule has 5 rings (SSSR count). The van der Waals surface area contributed by atoms with E-state index in [2.05, 4.69) is 15.5 Å². The van der Waals surface area contributed by atoms with Crippen molar-refractivity contribution in [2.24, 2.45) is 0 Å². The van der Waals surface area contributed by atoms with Gasteiger partial charge in [-0.3, -0.25) is 4.79 Å². The molecule has 2 heterocycles. The Bertz CT molecular complexity index is 1290. The summed E-state index contributed by atoms with van der Waals surface area (Å²) in [5.41, 5.74) is 6.69. The summed E-state index contributed by atoms with van der Waals surface area (Å²) < 4.78 is 17.0. The van der Waals surface area contributed by atoms with Crippen LogP contribution in [0.5, 0.6) is 0 Å². The molecule has 0 bridgehead atoms. The third-order valence-corrected chi connectivity index (χ3v) is 5.57. The van der Waals surface area contributed by atoms with Crippen LogP contribution >= 0.6 is 0 Å². The van der Waals surface area contributed by atoms with Gasteiger partial charge in [0.1, 0.15) is 5.82 Å². The number of fused-ring (bicyclic) bond motifs is 1. The summed E-state index contributed by atoms with van der Waals surface area (Å²) in [6.45, 7) is 3.95. The minimum Gasteiger partial charge on any atom is -0.321 e. The average molecular weight is 415 g/mol. The van der Waals surface area contributed by atoms with Gasteiger partial charge in [-0.2, -0.15) is 10.2 Å². The highest BCUT2D eigenvalue weighted by molar-refractivity contribution is 6.04. The number of aromatic nitrogens is 4. The second kappa shape index (κ2) is 7.50. The third kappa shape index (κ3) is 3.52. The number of benzene rings is 2. The first-order valence-corrected chi connectivity index (χ1v) is 10.3. The van der Waals surface area contributed by atoms with Gasteiger partial charge >= 0.3 is 0 Å². The first-order chi connectivity index (χ1) is 15.0. The molecule has 2 aromatic heterocycles. The number of hydrogen-bond donors (Lipinski definition) is 1. The van der Waals surface area contributed by atoms with Gasteiger partial charge in [0, 0.05) is 22.6 Å². The van der Waals surface area contributed by atoms with Crippen LogP contribution in [0.3, 0.4) is 0 Å². The number of anilines is 1. The van der Waals surface area contributed by atoms with E-state index >= 15 is 0 Å². The second-order valence-electron chi connectivity index (χ2n) is 7.86. The van der Waals surface area contributed by atoms with Crippen molar-refractivity contribution in [1.29, 1.82) is 0 Å². The number of carbonyl (C=O) groups is 1. The van der Waals surface area contributed by atoms with Crippen LogP contribution in [-0.4, -0.2) is 25.5 Å². The molecule has 0 radical (unpaired) electrons. The van der Waals surface area contributed by atoms with E-state index < -0.39 is 0 Å². The Morgan fingerprint density at radius 1 is 0.968 bits per heavy atom. The zero-order valence-electron chi connectivity index (χ0n) is 17.4. The predicted molar refractivity (Wildman–Crippen MR) is 117 cm³/mol. The molecular weight excluding hydrogens is 393 g/mol. The summed E-state index contributed by atoms with van der Waals surface area (Å²) in [5, 5.41) is 12.1. The summed E-state index contributed by atoms with van der Waals surface area (Å²) in [4.78, 5) is 13.1. The van der Waals surface area contributed by atoms with Crippen LogP contribution in [0.1, 0.15) is 39.6 Å². The first-order valence-electron chi connectivity index (χ1n) is 10.3. The van der Waals surface area contributed by atoms with Crippen LogP contribution in [-0.2, 0) is 12.8 Å². The molecule has 0 atom stereocenters. The molecule has 0 saturated carbocycles. The molecule has 0 fully saturated rings. The standard InChI is InChI=1S/C24H22FN5O/c1-15-13-16(2)29(27-15)20-6-3-5-18(14-20)26-24(31)23-21-7-4-8-22(21)30(28-23)19-11-9-17(25)10-12-19/h3,5-6,9-14H,4,7-8H2,1-2H3,(H,26,31). The highest BCUT2D eigenvalue weighted by Crippen LogP contribution is 2.28. The zero-order chi connectivity index (χ0) is 21.5. The van der Waals surface area contributed by atoms with Crippen molar-refractivity contribution in [3.05, 3.63) is 88.8 Å². The number of carbonyl (C=O) groups excluding carboxylic acids is 1. The summed E-state index contributed by atoms with van der Waals surface area (Å²) in [5.74, 6) is -0.544. The summed E-state index contributed by atoms with van der Waals surface area (Å²) in [6, 6.07) is 15.8. The molecule has 6 nitrogen and oxygen atoms in total. The number of amides is 1. The fraction of sp³-hybridized carbons (Fsp3) is 0.208. The monoisotopic (exact) mass is 415 g/mol. The van der Waals surface area contributed by atoms with E-state index in [-0.39, 0.29) is 11.7 Å². The van der Waals surface area contributed by atoms with Gasteiger partial charge in [-0.1, -0.05) is 6.07 Å². The molecule has 0 saturated heterocycles. The Hall–Kier alpha value is -3.74. The molecular formula is C24H22FN5O. The van der Waals surface area contributed by atoms with Gasteiger partial charge in [-0.25, -0.2) is 13.8 Å². The van der Waals surface area contributed by atoms with Crippen LogP contribution in [0.2, 0.25) is 0 Å². The first kappa shape index (κ1) is 19.2. The van der Waals surface area contributed by atoms with Crippen molar-refractivity contribution in [3.8, 4) is 11.4 Å². The average Bonchev–Trinajstić information content (AvgIpc) is 3.44. The number of aryl methyl sites for hydroxylation is 2. The van der Waals surface area contributed by atoms with Gasteiger partial charge in [0.15, 0.2) is 5.69 Å². The van der Waals surface area contributed by atoms with E-state index in [9.17, 15) is 9.18 Å². The Morgan fingerprint density at radius 2 is 1.77 bits per heavy atom. The Kier molecular flexibility index (Phi) is 4.66. The lowest BCUT2D eigenvalue weighted by molar-refractivity contribution is 0.102. The van der Waals surface area contributed by atoms with Crippen LogP contribution in [0.15, 0.2) is 54.6 Å². The molecule has 4 aromatic rings. The minimum absolute atomic E-state index is 0.246. The number of nitrogens with one attached hydrogen (secondary N) is 1. The highest BCUT2D eigenvalue weighted by Gasteiger charge is 2.27. The fourth-order valence-electron chi connectivity index (χ4n) is 4.21. The minimum atomic E-state index is -0.298. The molecule has 31 heavy (non-hydrogen) atoms. The zero-order valence-corrected chi connectivity index (χ0v) is 17.4. The lowest BCUT2D eigenvalue weighted by Gasteiger charge is -2.09. The smallest absolute Gasteiger partial charge is 0.276 e. The summed E-state index contributed by atoms with van der Waals surface area (Å²) in [6.07, 6.45) is 2.63. The molecule has 0 unspecified atom stereocenters. The van der Waals surface area contributed by atoms with Gasteiger partial charge in [0.05, 0.1) is 17.1 Å². The van der Waals surface area contributed by atoms with E-state index in [1.807, 2.05) is 48.9 Å². The van der Waals surface area contributed by atoms with Crippen molar-refractivity contribution in [2.45, 2.75) is 33.1 Å². The number of halogens is 1. The van der Waals surface area contributed by atoms with E-state index in [1.54, 1.807) is 16.8 Å². The normalized spacial score (nSPS) is 12.7. The van der Waals surface area contributed by atoms with E-state index in [4.69, 9.17) is 0 Å². The lowest BCUT2D eigenvalue weighted by Crippen LogP contribution is -2.15. The van der Waals surface area contributed by atoms with Crippen molar-refractivity contribution < 1.29 is 9.18 Å². The van der Waals surface area contributed by atoms with E-state index in [1.165, 1.54) is 12.1 Å². The van der Waals surface area contributed by atoms with Crippen LogP contribution in [0.4, 0.5) is 10.1 Å². The second-order valence-corrected chi connectivity index (χ2v) is 7.86. The highest BCUT2D eigenvalue weighted by atomic mass is 19.1. The summed E-state index contributed by atoms with van der Waals surface area (Å²) >= 11 is 0. The Labute approximate surface area is 179 Å². The van der Waals surface area contributed by atoms with Gasteiger partial charge in [-0.15, -0.1) is 0 Å². The molecule has 1 N–H and O–H groups in total. The lowest BCUT2D eigenvalue weighted by atomic mass is 10.2. The van der Waals surface area contributed by atoms with Crippen molar-refractivity contribution in [2.75, 3.05) is 5.32 Å². The van der Waals surface area contributed by atoms with Gasteiger partial charge in [-0.05, 0) is 81.6 Å². The van der Waals surface area contributed by atoms with Gasteiger partial charge in [0.2, 0.25) is 0 Å². The fourth-order valence-corrected chi connectivity index (χ4v) is 4.21. The van der Waals surface area contributed by atoms with Crippen LogP contribution < -0.4 is 5.32 Å². The Morgan fingerprint density at radius 3 is 2.52 bits per heavy atom. The molecule has 0 aliphatic heterocycles. The molecule has 1 aliphatic carbocycles. The van der Waals surface area contributed by atoms with Crippen molar-refractivity contribution >= 4 is 11.6 Å². The molecule has 1 amide bonds. The molecule has 2 aromatic carbocycles. The van der Waals surface area contributed by atoms with Crippen molar-refractivity contribution in [3.63, 3.8) is 0 Å². The summed E-state index contributed by atoms with van der Waals surface area (Å²) in [7, 11) is 0. The van der Waals surface area contributed by atoms with E-state index in [0.29, 0.717) is 11.4 Å². The van der Waals surface area contributed by atoms with E-state index in [0.717, 1.165) is 53.3 Å². The maximum Gasteiger partial charge on any atom is 0.276 e. The van der Waals surface area contributed by atoms with Crippen molar-refractivity contribution in [1.82, 2.24) is 19.6 Å². The molecule has 0 spiro atoms. The Balaban J connectivity index is 1.45. The number of hydrogen-bond acceptors (Lipinski definition) is 3. The SMILES string of the molecule is Cc1cc(C)n(-c2cccc(NC(=O)c3nn(-c4ccc(F)cc4)c4c3CCC4)c2)n1. The number of rotatable bonds is 4. The quantitative estimate of drug-likeness (QED) is 0.532. The maximum atomic E-state index is 13.3. The largest absolute Gasteiger partial charge is 0.321 e. The predicted octanol–water partition coefficient (Wildman–Crippen LogP) is 4.55. The third-order valence-electron chi connectivity index (χ3n) is 5.57. The van der Waals surface area contributed by atoms with Crippen LogP contribution in [0.25, 0.3) is 11.4 Å². The molecule has 156 valence electrons. The number of nitrogens with zero attached hydrogens (tertiary/aromatic N) is 4. The molecule has 7 heteroatoms. The van der Waals surface area contributed by atoms with Gasteiger partial charge in [0.25, 0.3) is 5.91 Å². The maximum absolute atomic E-state index is 13.3. The molecule has 1 aliphatic rings. The van der Waals surface area contributed by atoms with Crippen LogP contribution in [0, 0.1) is 19.7 Å². The van der Waals surface area contributed by atoms with Gasteiger partial charge < -0.3 is 5.32 Å². The topological polar surface area (TPSA) is 64.7 Å².